The van der Waals surface area contributed by atoms with Gasteiger partial charge in [0.1, 0.15) is 13.2 Å². The number of allylic oxidation sites excluding steroid dienone is 12. The van der Waals surface area contributed by atoms with Crippen LogP contribution in [0, 0.1) is 0 Å². The molecule has 0 radical (unpaired) electrons. The molecule has 0 rings (SSSR count). The third-order valence-corrected chi connectivity index (χ3v) is 11.3. The van der Waals surface area contributed by atoms with Gasteiger partial charge in [-0.3, -0.25) is 14.4 Å². The zero-order valence-corrected chi connectivity index (χ0v) is 41.3. The van der Waals surface area contributed by atoms with Gasteiger partial charge < -0.3 is 14.2 Å². The molecule has 0 heterocycles. The average Bonchev–Trinajstić information content (AvgIpc) is 3.28. The van der Waals surface area contributed by atoms with E-state index in [1.807, 2.05) is 0 Å². The van der Waals surface area contributed by atoms with Crippen molar-refractivity contribution in [3.8, 4) is 0 Å². The van der Waals surface area contributed by atoms with E-state index in [9.17, 15) is 14.4 Å². The molecule has 1 unspecified atom stereocenters. The first-order valence-electron chi connectivity index (χ1n) is 26.5. The number of hydrogen-bond donors (Lipinski definition) is 0. The van der Waals surface area contributed by atoms with E-state index in [1.54, 1.807) is 0 Å². The van der Waals surface area contributed by atoms with Crippen molar-refractivity contribution < 1.29 is 28.6 Å². The first-order valence-corrected chi connectivity index (χ1v) is 26.5. The molecule has 0 aromatic heterocycles. The fourth-order valence-electron chi connectivity index (χ4n) is 7.33. The van der Waals surface area contributed by atoms with Crippen molar-refractivity contribution in [1.82, 2.24) is 0 Å². The lowest BCUT2D eigenvalue weighted by Gasteiger charge is -2.18. The molecule has 0 saturated carbocycles. The summed E-state index contributed by atoms with van der Waals surface area (Å²) in [6.45, 7) is 6.46. The Bertz CT molecular complexity index is 1190. The number of unbranched alkanes of at least 4 members (excludes halogenated alkanes) is 28. The van der Waals surface area contributed by atoms with Gasteiger partial charge in [0, 0.05) is 19.3 Å². The van der Waals surface area contributed by atoms with E-state index in [0.717, 1.165) is 103 Å². The Kier molecular flexibility index (Phi) is 48.9. The van der Waals surface area contributed by atoms with Gasteiger partial charge in [0.2, 0.25) is 0 Å². The molecule has 0 aliphatic heterocycles. The van der Waals surface area contributed by atoms with Gasteiger partial charge in [0.05, 0.1) is 0 Å². The maximum atomic E-state index is 12.8. The standard InChI is InChI=1S/C57H98O6/c1-4-7-10-13-16-19-22-25-27-28-29-30-33-35-38-41-44-47-50-56(59)62-53-54(52-61-55(58)49-46-43-40-37-34-31-24-21-18-15-12-9-6-3)63-57(60)51-48-45-42-39-36-32-26-23-20-17-14-11-8-5-2/h9,12,15,18,21-22,24-25,27-30,54H,4-8,10-11,13-14,16-17,19-20,23,26,31-53H2,1-3H3/b12-9+,18-15+,24-21+,25-22+,28-27+,30-29+. The Morgan fingerprint density at radius 3 is 0.952 bits per heavy atom. The van der Waals surface area contributed by atoms with Gasteiger partial charge >= 0.3 is 17.9 Å². The predicted molar refractivity (Wildman–Crippen MR) is 270 cm³/mol. The fourth-order valence-corrected chi connectivity index (χ4v) is 7.33. The van der Waals surface area contributed by atoms with Crippen LogP contribution in [0.4, 0.5) is 0 Å². The summed E-state index contributed by atoms with van der Waals surface area (Å²) in [6, 6.07) is 0. The molecular weight excluding hydrogens is 781 g/mol. The highest BCUT2D eigenvalue weighted by Crippen LogP contribution is 2.15. The number of carbonyl (C=O) groups is 3. The maximum absolute atomic E-state index is 12.8. The number of carbonyl (C=O) groups excluding carboxylic acids is 3. The lowest BCUT2D eigenvalue weighted by Crippen LogP contribution is -2.30. The topological polar surface area (TPSA) is 78.9 Å². The average molecular weight is 879 g/mol. The second-order valence-electron chi connectivity index (χ2n) is 17.5. The molecule has 0 spiro atoms. The number of rotatable bonds is 47. The van der Waals surface area contributed by atoms with Gasteiger partial charge in [0.15, 0.2) is 6.10 Å². The van der Waals surface area contributed by atoms with E-state index in [-0.39, 0.29) is 31.1 Å². The molecule has 0 aromatic carbocycles. The van der Waals surface area contributed by atoms with Crippen molar-refractivity contribution >= 4 is 17.9 Å². The molecule has 0 aliphatic carbocycles. The number of hydrogen-bond acceptors (Lipinski definition) is 6. The van der Waals surface area contributed by atoms with Crippen LogP contribution >= 0.6 is 0 Å². The monoisotopic (exact) mass is 879 g/mol. The summed E-state index contributed by atoms with van der Waals surface area (Å²) < 4.78 is 16.8. The van der Waals surface area contributed by atoms with E-state index in [0.29, 0.717) is 19.3 Å². The zero-order valence-electron chi connectivity index (χ0n) is 41.3. The molecule has 63 heavy (non-hydrogen) atoms. The molecule has 1 atom stereocenters. The highest BCUT2D eigenvalue weighted by molar-refractivity contribution is 5.71. The minimum Gasteiger partial charge on any atom is -0.462 e. The SMILES string of the molecule is CC/C=C/C=C/C=C/CCCCCCCC(=O)OCC(COC(=O)CCCCCCC/C=C/C=C/C=C/CCCCCCC)OC(=O)CCCCCCCCCCCCCCCC. The highest BCUT2D eigenvalue weighted by atomic mass is 16.6. The van der Waals surface area contributed by atoms with Crippen molar-refractivity contribution in [2.45, 2.75) is 258 Å². The fraction of sp³-hybridized carbons (Fsp3) is 0.737. The molecule has 0 amide bonds. The van der Waals surface area contributed by atoms with Gasteiger partial charge in [-0.2, -0.15) is 0 Å². The van der Waals surface area contributed by atoms with Crippen molar-refractivity contribution in [3.63, 3.8) is 0 Å². The van der Waals surface area contributed by atoms with Crippen molar-refractivity contribution in [2.75, 3.05) is 13.2 Å². The molecule has 6 nitrogen and oxygen atoms in total. The third kappa shape index (κ3) is 49.7. The molecule has 0 bridgehead atoms. The summed E-state index contributed by atoms with van der Waals surface area (Å²) in [5, 5.41) is 0. The van der Waals surface area contributed by atoms with E-state index in [4.69, 9.17) is 14.2 Å². The third-order valence-electron chi connectivity index (χ3n) is 11.3. The number of ether oxygens (including phenoxy) is 3. The van der Waals surface area contributed by atoms with Gasteiger partial charge in [-0.25, -0.2) is 0 Å². The van der Waals surface area contributed by atoms with Crippen LogP contribution in [0.15, 0.2) is 72.9 Å². The van der Waals surface area contributed by atoms with Crippen molar-refractivity contribution in [3.05, 3.63) is 72.9 Å². The predicted octanol–water partition coefficient (Wildman–Crippen LogP) is 17.4. The molecule has 0 aromatic rings. The van der Waals surface area contributed by atoms with Crippen molar-refractivity contribution in [2.24, 2.45) is 0 Å². The van der Waals surface area contributed by atoms with Crippen LogP contribution < -0.4 is 0 Å². The van der Waals surface area contributed by atoms with Crippen LogP contribution in [0.5, 0.6) is 0 Å². The van der Waals surface area contributed by atoms with Gasteiger partial charge in [-0.1, -0.05) is 241 Å². The van der Waals surface area contributed by atoms with E-state index < -0.39 is 6.10 Å². The summed E-state index contributed by atoms with van der Waals surface area (Å²) in [5.74, 6) is -0.925. The van der Waals surface area contributed by atoms with Crippen LogP contribution in [0.3, 0.4) is 0 Å². The molecule has 0 saturated heterocycles. The zero-order chi connectivity index (χ0) is 45.8. The summed E-state index contributed by atoms with van der Waals surface area (Å²) in [4.78, 5) is 38.0. The normalized spacial score (nSPS) is 12.6. The lowest BCUT2D eigenvalue weighted by atomic mass is 10.0. The molecule has 6 heteroatoms. The summed E-state index contributed by atoms with van der Waals surface area (Å²) in [5.41, 5.74) is 0. The second-order valence-corrected chi connectivity index (χ2v) is 17.5. The van der Waals surface area contributed by atoms with Crippen LogP contribution in [-0.4, -0.2) is 37.2 Å². The smallest absolute Gasteiger partial charge is 0.306 e. The first kappa shape index (κ1) is 59.9. The van der Waals surface area contributed by atoms with Crippen LogP contribution in [0.25, 0.3) is 0 Å². The Morgan fingerprint density at radius 2 is 0.619 bits per heavy atom. The minimum absolute atomic E-state index is 0.0914. The first-order chi connectivity index (χ1) is 31.0. The van der Waals surface area contributed by atoms with Gasteiger partial charge in [0.25, 0.3) is 0 Å². The van der Waals surface area contributed by atoms with E-state index in [2.05, 4.69) is 93.7 Å². The molecule has 362 valence electrons. The lowest BCUT2D eigenvalue weighted by molar-refractivity contribution is -0.167. The highest BCUT2D eigenvalue weighted by Gasteiger charge is 2.19. The van der Waals surface area contributed by atoms with Gasteiger partial charge in [-0.15, -0.1) is 0 Å². The molecular formula is C57H98O6. The van der Waals surface area contributed by atoms with Gasteiger partial charge in [-0.05, 0) is 64.2 Å². The molecule has 0 aliphatic rings. The maximum Gasteiger partial charge on any atom is 0.306 e. The Labute approximate surface area is 389 Å². The van der Waals surface area contributed by atoms with E-state index in [1.165, 1.54) is 109 Å². The molecule has 0 fully saturated rings. The van der Waals surface area contributed by atoms with Crippen LogP contribution in [-0.2, 0) is 28.6 Å². The molecule has 0 N–H and O–H groups in total. The van der Waals surface area contributed by atoms with Crippen molar-refractivity contribution in [1.29, 1.82) is 0 Å². The van der Waals surface area contributed by atoms with E-state index >= 15 is 0 Å². The quantitative estimate of drug-likeness (QED) is 0.0262. The largest absolute Gasteiger partial charge is 0.462 e. The Morgan fingerprint density at radius 1 is 0.333 bits per heavy atom. The minimum atomic E-state index is -0.790. The number of esters is 3. The van der Waals surface area contributed by atoms with Crippen LogP contribution in [0.2, 0.25) is 0 Å². The van der Waals surface area contributed by atoms with Crippen LogP contribution in [0.1, 0.15) is 252 Å². The Hall–Kier alpha value is -3.15. The summed E-state index contributed by atoms with van der Waals surface area (Å²) in [6.07, 6.45) is 64.5. The summed E-state index contributed by atoms with van der Waals surface area (Å²) >= 11 is 0. The summed E-state index contributed by atoms with van der Waals surface area (Å²) in [7, 11) is 0. The second kappa shape index (κ2) is 51.5. The Balaban J connectivity index is 4.43.